The second kappa shape index (κ2) is 4.68. The predicted molar refractivity (Wildman–Crippen MR) is 64.1 cm³/mol. The Bertz CT molecular complexity index is 558. The van der Waals surface area contributed by atoms with Crippen LogP contribution in [-0.2, 0) is 9.84 Å². The minimum absolute atomic E-state index is 0.0768. The van der Waals surface area contributed by atoms with Crippen LogP contribution in [0.4, 0.5) is 5.69 Å². The van der Waals surface area contributed by atoms with Crippen molar-refractivity contribution in [3.63, 3.8) is 0 Å². The summed E-state index contributed by atoms with van der Waals surface area (Å²) in [5.41, 5.74) is -0.428. The van der Waals surface area contributed by atoms with Crippen molar-refractivity contribution in [2.24, 2.45) is 0 Å². The van der Waals surface area contributed by atoms with Crippen LogP contribution < -0.4 is 0 Å². The average Bonchev–Trinajstić information content (AvgIpc) is 2.74. The van der Waals surface area contributed by atoms with E-state index >= 15 is 0 Å². The highest BCUT2D eigenvalue weighted by molar-refractivity contribution is 7.90. The van der Waals surface area contributed by atoms with Gasteiger partial charge in [0.15, 0.2) is 0 Å². The number of sulfone groups is 1. The molecule has 100 valence electrons. The molecule has 0 bridgehead atoms. The lowest BCUT2D eigenvalue weighted by Crippen LogP contribution is -2.13. The molecule has 0 radical (unpaired) electrons. The van der Waals surface area contributed by atoms with E-state index in [1.54, 1.807) is 0 Å². The van der Waals surface area contributed by atoms with E-state index in [9.17, 15) is 18.5 Å². The third kappa shape index (κ3) is 2.53. The first-order valence-electron chi connectivity index (χ1n) is 5.83. The largest absolute Gasteiger partial charge is 0.326 e. The molecule has 1 saturated carbocycles. The van der Waals surface area contributed by atoms with Crippen molar-refractivity contribution in [1.29, 1.82) is 0 Å². The molecular weight excluding hydrogens is 258 g/mol. The topological polar surface area (TPSA) is 95.1 Å². The zero-order valence-corrected chi connectivity index (χ0v) is 10.9. The van der Waals surface area contributed by atoms with Crippen LogP contribution in [0.3, 0.4) is 0 Å². The van der Waals surface area contributed by atoms with Gasteiger partial charge in [0.25, 0.3) is 5.03 Å². The van der Waals surface area contributed by atoms with Gasteiger partial charge in [0.1, 0.15) is 6.20 Å². The van der Waals surface area contributed by atoms with Gasteiger partial charge in [-0.3, -0.25) is 14.8 Å². The van der Waals surface area contributed by atoms with Crippen molar-refractivity contribution in [2.45, 2.75) is 43.2 Å². The Morgan fingerprint density at radius 2 is 2.00 bits per heavy atom. The van der Waals surface area contributed by atoms with E-state index in [1.807, 2.05) is 0 Å². The smallest absolute Gasteiger partial charge is 0.261 e. The second-order valence-corrected chi connectivity index (χ2v) is 6.55. The molecule has 18 heavy (non-hydrogen) atoms. The summed E-state index contributed by atoms with van der Waals surface area (Å²) in [4.78, 5) is 10.2. The fourth-order valence-corrected chi connectivity index (χ4v) is 3.04. The standard InChI is InChI=1S/C10H15N3O4S/c1-18(16,17)10-9(13(14)15)7-12(11-10)8-5-3-2-4-6-8/h7-8H,2-6H2,1H3. The van der Waals surface area contributed by atoms with Crippen molar-refractivity contribution in [3.05, 3.63) is 16.3 Å². The summed E-state index contributed by atoms with van der Waals surface area (Å²) in [5.74, 6) is 0. The van der Waals surface area contributed by atoms with Crippen LogP contribution in [0.2, 0.25) is 0 Å². The summed E-state index contributed by atoms with van der Waals surface area (Å²) in [5, 5.41) is 14.3. The summed E-state index contributed by atoms with van der Waals surface area (Å²) in [6.07, 6.45) is 7.21. The van der Waals surface area contributed by atoms with E-state index in [0.29, 0.717) is 0 Å². The molecule has 0 spiro atoms. The molecule has 0 N–H and O–H groups in total. The molecule has 0 atom stereocenters. The monoisotopic (exact) mass is 273 g/mol. The van der Waals surface area contributed by atoms with Crippen LogP contribution in [0.15, 0.2) is 11.2 Å². The Kier molecular flexibility index (Phi) is 3.38. The minimum Gasteiger partial charge on any atom is -0.261 e. The Morgan fingerprint density at radius 3 is 2.44 bits per heavy atom. The van der Waals surface area contributed by atoms with Crippen molar-refractivity contribution in [2.75, 3.05) is 6.26 Å². The van der Waals surface area contributed by atoms with E-state index in [1.165, 1.54) is 10.9 Å². The molecular formula is C10H15N3O4S. The van der Waals surface area contributed by atoms with Crippen LogP contribution in [0, 0.1) is 10.1 Å². The van der Waals surface area contributed by atoms with Crippen LogP contribution >= 0.6 is 0 Å². The molecule has 1 fully saturated rings. The van der Waals surface area contributed by atoms with Gasteiger partial charge in [0.2, 0.25) is 9.84 Å². The maximum absolute atomic E-state index is 11.5. The predicted octanol–water partition coefficient (Wildman–Crippen LogP) is 1.70. The highest BCUT2D eigenvalue weighted by Crippen LogP contribution is 2.31. The van der Waals surface area contributed by atoms with Crippen LogP contribution in [0.5, 0.6) is 0 Å². The fraction of sp³-hybridized carbons (Fsp3) is 0.700. The molecule has 1 aliphatic rings. The number of rotatable bonds is 3. The number of aromatic nitrogens is 2. The lowest BCUT2D eigenvalue weighted by atomic mass is 9.96. The van der Waals surface area contributed by atoms with Crippen LogP contribution in [0.25, 0.3) is 0 Å². The molecule has 7 nitrogen and oxygen atoms in total. The zero-order valence-electron chi connectivity index (χ0n) is 10.1. The molecule has 1 heterocycles. The summed E-state index contributed by atoms with van der Waals surface area (Å²) in [6, 6.07) is 0.0768. The van der Waals surface area contributed by atoms with Gasteiger partial charge in [-0.1, -0.05) is 19.3 Å². The van der Waals surface area contributed by atoms with Gasteiger partial charge in [-0.15, -0.1) is 0 Å². The molecule has 1 aromatic rings. The quantitative estimate of drug-likeness (QED) is 0.617. The van der Waals surface area contributed by atoms with Crippen LogP contribution in [-0.4, -0.2) is 29.4 Å². The molecule has 0 amide bonds. The van der Waals surface area contributed by atoms with Gasteiger partial charge in [-0.2, -0.15) is 5.10 Å². The van der Waals surface area contributed by atoms with Gasteiger partial charge in [0.05, 0.1) is 11.0 Å². The molecule has 8 heteroatoms. The summed E-state index contributed by atoms with van der Waals surface area (Å²) in [7, 11) is -3.67. The fourth-order valence-electron chi connectivity index (χ4n) is 2.29. The highest BCUT2D eigenvalue weighted by Gasteiger charge is 2.29. The van der Waals surface area contributed by atoms with Gasteiger partial charge in [-0.05, 0) is 12.8 Å². The summed E-state index contributed by atoms with van der Waals surface area (Å²) >= 11 is 0. The Labute approximate surface area is 105 Å². The van der Waals surface area contributed by atoms with Gasteiger partial charge >= 0.3 is 5.69 Å². The second-order valence-electron chi connectivity index (χ2n) is 4.62. The number of hydrogen-bond acceptors (Lipinski definition) is 5. The van der Waals surface area contributed by atoms with Crippen molar-refractivity contribution in [1.82, 2.24) is 9.78 Å². The zero-order chi connectivity index (χ0) is 13.3. The average molecular weight is 273 g/mol. The molecule has 0 saturated heterocycles. The normalized spacial score (nSPS) is 17.8. The van der Waals surface area contributed by atoms with E-state index in [0.717, 1.165) is 38.4 Å². The Morgan fingerprint density at radius 1 is 1.39 bits per heavy atom. The molecule has 1 aliphatic carbocycles. The van der Waals surface area contributed by atoms with E-state index in [2.05, 4.69) is 5.10 Å². The van der Waals surface area contributed by atoms with Gasteiger partial charge < -0.3 is 0 Å². The first-order valence-corrected chi connectivity index (χ1v) is 7.72. The summed E-state index contributed by atoms with van der Waals surface area (Å²) < 4.78 is 24.4. The maximum atomic E-state index is 11.5. The van der Waals surface area contributed by atoms with Gasteiger partial charge in [-0.25, -0.2) is 8.42 Å². The molecule has 1 aromatic heterocycles. The van der Waals surface area contributed by atoms with Crippen molar-refractivity contribution >= 4 is 15.5 Å². The lowest BCUT2D eigenvalue weighted by molar-refractivity contribution is -0.387. The Balaban J connectivity index is 2.42. The molecule has 0 unspecified atom stereocenters. The van der Waals surface area contributed by atoms with E-state index < -0.39 is 25.5 Å². The summed E-state index contributed by atoms with van der Waals surface area (Å²) in [6.45, 7) is 0. The minimum atomic E-state index is -3.67. The lowest BCUT2D eigenvalue weighted by Gasteiger charge is -2.21. The van der Waals surface area contributed by atoms with Crippen molar-refractivity contribution in [3.8, 4) is 0 Å². The number of nitro groups is 1. The third-order valence-corrected chi connectivity index (χ3v) is 4.17. The third-order valence-electron chi connectivity index (χ3n) is 3.18. The van der Waals surface area contributed by atoms with Crippen molar-refractivity contribution < 1.29 is 13.3 Å². The highest BCUT2D eigenvalue weighted by atomic mass is 32.2. The van der Waals surface area contributed by atoms with E-state index in [4.69, 9.17) is 0 Å². The molecule has 0 aromatic carbocycles. The van der Waals surface area contributed by atoms with E-state index in [-0.39, 0.29) is 6.04 Å². The number of hydrogen-bond donors (Lipinski definition) is 0. The van der Waals surface area contributed by atoms with Crippen LogP contribution in [0.1, 0.15) is 38.1 Å². The maximum Gasteiger partial charge on any atom is 0.326 e. The first kappa shape index (κ1) is 13.0. The number of nitrogens with zero attached hydrogens (tertiary/aromatic N) is 3. The Hall–Kier alpha value is -1.44. The SMILES string of the molecule is CS(=O)(=O)c1nn(C2CCCCC2)cc1[N+](=O)[O-]. The molecule has 2 rings (SSSR count). The molecule has 0 aliphatic heterocycles. The first-order chi connectivity index (χ1) is 8.39. The van der Waals surface area contributed by atoms with Gasteiger partial charge in [0, 0.05) is 6.26 Å².